The number of hydrogen-bond donors (Lipinski definition) is 1. The standard InChI is InChI=1S/C29H34ClNO5S/c1-6-8-18-31(25-11-9-10-24(21(25)5)22-12-14-23(30)15-13-22)37(34,35)28-17-16-27(19(3)20(28)4)36-26(7-2)29(32)33/h9-17,26H,6-8,18H2,1-5H3,(H,32,33). The first-order valence-corrected chi connectivity index (χ1v) is 14.2. The van der Waals surface area contributed by atoms with Gasteiger partial charge in [0, 0.05) is 11.6 Å². The molecule has 6 nitrogen and oxygen atoms in total. The third kappa shape index (κ3) is 6.11. The number of benzene rings is 3. The molecule has 3 rings (SSSR count). The summed E-state index contributed by atoms with van der Waals surface area (Å²) >= 11 is 6.07. The number of aliphatic carboxylic acids is 1. The number of hydrogen-bond acceptors (Lipinski definition) is 4. The molecule has 0 heterocycles. The molecule has 0 saturated carbocycles. The normalized spacial score (nSPS) is 12.3. The van der Waals surface area contributed by atoms with E-state index in [2.05, 4.69) is 0 Å². The number of halogens is 1. The maximum Gasteiger partial charge on any atom is 0.344 e. The number of rotatable bonds is 11. The van der Waals surface area contributed by atoms with Crippen LogP contribution in [0.5, 0.6) is 5.75 Å². The average Bonchev–Trinajstić information content (AvgIpc) is 2.86. The number of carbonyl (C=O) groups is 1. The van der Waals surface area contributed by atoms with E-state index in [-0.39, 0.29) is 4.90 Å². The van der Waals surface area contributed by atoms with E-state index in [9.17, 15) is 18.3 Å². The molecule has 0 bridgehead atoms. The fourth-order valence-corrected chi connectivity index (χ4v) is 6.24. The van der Waals surface area contributed by atoms with Crippen molar-refractivity contribution in [3.63, 3.8) is 0 Å². The molecule has 198 valence electrons. The summed E-state index contributed by atoms with van der Waals surface area (Å²) in [4.78, 5) is 11.6. The van der Waals surface area contributed by atoms with Gasteiger partial charge in [0.15, 0.2) is 6.10 Å². The summed E-state index contributed by atoms with van der Waals surface area (Å²) < 4.78 is 35.4. The van der Waals surface area contributed by atoms with Gasteiger partial charge in [0.1, 0.15) is 5.75 Å². The summed E-state index contributed by atoms with van der Waals surface area (Å²) in [6.07, 6.45) is 0.821. The Bertz CT molecular complexity index is 1370. The van der Waals surface area contributed by atoms with Crippen LogP contribution in [-0.2, 0) is 14.8 Å². The van der Waals surface area contributed by atoms with Crippen LogP contribution in [0.25, 0.3) is 11.1 Å². The van der Waals surface area contributed by atoms with Crippen molar-refractivity contribution in [1.29, 1.82) is 0 Å². The lowest BCUT2D eigenvalue weighted by atomic mass is 9.99. The highest BCUT2D eigenvalue weighted by Crippen LogP contribution is 2.36. The number of sulfonamides is 1. The second kappa shape index (κ2) is 12.0. The van der Waals surface area contributed by atoms with E-state index in [1.165, 1.54) is 10.4 Å². The highest BCUT2D eigenvalue weighted by Gasteiger charge is 2.29. The highest BCUT2D eigenvalue weighted by molar-refractivity contribution is 7.92. The topological polar surface area (TPSA) is 83.9 Å². The molecule has 0 aliphatic carbocycles. The van der Waals surface area contributed by atoms with Gasteiger partial charge in [-0.25, -0.2) is 13.2 Å². The minimum atomic E-state index is -3.93. The predicted molar refractivity (Wildman–Crippen MR) is 149 cm³/mol. The average molecular weight is 544 g/mol. The molecule has 3 aromatic rings. The van der Waals surface area contributed by atoms with Crippen molar-refractivity contribution in [3.05, 3.63) is 76.3 Å². The zero-order valence-electron chi connectivity index (χ0n) is 21.9. The van der Waals surface area contributed by atoms with Crippen molar-refractivity contribution >= 4 is 33.3 Å². The van der Waals surface area contributed by atoms with Crippen LogP contribution in [-0.4, -0.2) is 32.1 Å². The van der Waals surface area contributed by atoms with Crippen LogP contribution < -0.4 is 9.04 Å². The first-order chi connectivity index (χ1) is 17.5. The molecule has 0 saturated heterocycles. The molecule has 0 fully saturated rings. The third-order valence-corrected chi connectivity index (χ3v) is 8.82. The summed E-state index contributed by atoms with van der Waals surface area (Å²) in [6.45, 7) is 9.49. The smallest absolute Gasteiger partial charge is 0.344 e. The van der Waals surface area contributed by atoms with E-state index in [1.807, 2.05) is 56.3 Å². The van der Waals surface area contributed by atoms with Crippen molar-refractivity contribution < 1.29 is 23.1 Å². The third-order valence-electron chi connectivity index (χ3n) is 6.62. The Kier molecular flexibility index (Phi) is 9.26. The first-order valence-electron chi connectivity index (χ1n) is 12.4. The van der Waals surface area contributed by atoms with Gasteiger partial charge in [-0.05, 0) is 91.8 Å². The fourth-order valence-electron chi connectivity index (χ4n) is 4.27. The van der Waals surface area contributed by atoms with Gasteiger partial charge in [-0.2, -0.15) is 0 Å². The summed E-state index contributed by atoms with van der Waals surface area (Å²) in [7, 11) is -3.93. The SMILES string of the molecule is CCCCN(c1cccc(-c2ccc(Cl)cc2)c1C)S(=O)(=O)c1ccc(OC(CC)C(=O)O)c(C)c1C. The van der Waals surface area contributed by atoms with Gasteiger partial charge in [-0.15, -0.1) is 0 Å². The lowest BCUT2D eigenvalue weighted by Crippen LogP contribution is -2.33. The van der Waals surface area contributed by atoms with Crippen LogP contribution in [0.1, 0.15) is 49.8 Å². The van der Waals surface area contributed by atoms with Crippen molar-refractivity contribution in [2.75, 3.05) is 10.8 Å². The molecule has 1 atom stereocenters. The minimum Gasteiger partial charge on any atom is -0.479 e. The largest absolute Gasteiger partial charge is 0.479 e. The Balaban J connectivity index is 2.10. The second-order valence-electron chi connectivity index (χ2n) is 9.05. The van der Waals surface area contributed by atoms with E-state index in [1.54, 1.807) is 26.8 Å². The minimum absolute atomic E-state index is 0.174. The zero-order valence-corrected chi connectivity index (χ0v) is 23.5. The zero-order chi connectivity index (χ0) is 27.3. The van der Waals surface area contributed by atoms with E-state index < -0.39 is 22.1 Å². The second-order valence-corrected chi connectivity index (χ2v) is 11.3. The number of carboxylic acid groups (broad SMARTS) is 1. The van der Waals surface area contributed by atoms with E-state index in [4.69, 9.17) is 16.3 Å². The quantitative estimate of drug-likeness (QED) is 0.277. The van der Waals surface area contributed by atoms with Gasteiger partial charge >= 0.3 is 5.97 Å². The fraction of sp³-hybridized carbons (Fsp3) is 0.345. The van der Waals surface area contributed by atoms with Gasteiger partial charge in [-0.1, -0.05) is 56.1 Å². The molecule has 1 N–H and O–H groups in total. The molecule has 37 heavy (non-hydrogen) atoms. The molecular weight excluding hydrogens is 510 g/mol. The van der Waals surface area contributed by atoms with E-state index >= 15 is 0 Å². The summed E-state index contributed by atoms with van der Waals surface area (Å²) in [5, 5.41) is 10.0. The number of ether oxygens (including phenoxy) is 1. The maximum atomic E-state index is 14.1. The van der Waals surface area contributed by atoms with Crippen LogP contribution in [0.4, 0.5) is 5.69 Å². The van der Waals surface area contributed by atoms with Crippen molar-refractivity contribution in [3.8, 4) is 16.9 Å². The van der Waals surface area contributed by atoms with Gasteiger partial charge in [0.2, 0.25) is 0 Å². The molecule has 0 radical (unpaired) electrons. The van der Waals surface area contributed by atoms with Gasteiger partial charge in [0.25, 0.3) is 10.0 Å². The van der Waals surface area contributed by atoms with Gasteiger partial charge in [-0.3, -0.25) is 4.31 Å². The number of carboxylic acids is 1. The molecule has 1 unspecified atom stereocenters. The van der Waals surface area contributed by atoms with Gasteiger partial charge in [0.05, 0.1) is 10.6 Å². The van der Waals surface area contributed by atoms with Crippen LogP contribution in [0.15, 0.2) is 59.5 Å². The molecule has 0 amide bonds. The number of unbranched alkanes of at least 4 members (excludes halogenated alkanes) is 1. The van der Waals surface area contributed by atoms with Crippen LogP contribution in [0.2, 0.25) is 5.02 Å². The Morgan fingerprint density at radius 2 is 1.65 bits per heavy atom. The Labute approximate surface area is 224 Å². The molecule has 0 aliphatic heterocycles. The maximum absolute atomic E-state index is 14.1. The molecular formula is C29H34ClNO5S. The molecule has 0 aromatic heterocycles. The Morgan fingerprint density at radius 1 is 0.973 bits per heavy atom. The highest BCUT2D eigenvalue weighted by atomic mass is 35.5. The summed E-state index contributed by atoms with van der Waals surface area (Å²) in [5.74, 6) is -0.690. The molecule has 0 spiro atoms. The Morgan fingerprint density at radius 3 is 2.24 bits per heavy atom. The van der Waals surface area contributed by atoms with Crippen molar-refractivity contribution in [1.82, 2.24) is 0 Å². The summed E-state index contributed by atoms with van der Waals surface area (Å²) in [6, 6.07) is 16.2. The van der Waals surface area contributed by atoms with Crippen molar-refractivity contribution in [2.45, 2.75) is 64.9 Å². The lowest BCUT2D eigenvalue weighted by Gasteiger charge is -2.28. The number of nitrogens with zero attached hydrogens (tertiary/aromatic N) is 1. The molecule has 0 aliphatic rings. The van der Waals surface area contributed by atoms with Crippen LogP contribution in [0, 0.1) is 20.8 Å². The predicted octanol–water partition coefficient (Wildman–Crippen LogP) is 7.17. The monoisotopic (exact) mass is 543 g/mol. The first kappa shape index (κ1) is 28.5. The molecule has 8 heteroatoms. The van der Waals surface area contributed by atoms with Crippen LogP contribution in [0.3, 0.4) is 0 Å². The van der Waals surface area contributed by atoms with E-state index in [0.29, 0.717) is 47.0 Å². The lowest BCUT2D eigenvalue weighted by molar-refractivity contribution is -0.145. The van der Waals surface area contributed by atoms with Gasteiger partial charge < -0.3 is 9.84 Å². The summed E-state index contributed by atoms with van der Waals surface area (Å²) in [5.41, 5.74) is 4.49. The number of anilines is 1. The van der Waals surface area contributed by atoms with Crippen molar-refractivity contribution in [2.24, 2.45) is 0 Å². The van der Waals surface area contributed by atoms with Crippen LogP contribution >= 0.6 is 11.6 Å². The Hall–Kier alpha value is -3.03. The van der Waals surface area contributed by atoms with E-state index in [0.717, 1.165) is 23.1 Å². The molecule has 3 aromatic carbocycles.